The molecule has 0 amide bonds. The first-order chi connectivity index (χ1) is 20.7. The van der Waals surface area contributed by atoms with Crippen LogP contribution in [0.2, 0.25) is 0 Å². The van der Waals surface area contributed by atoms with Gasteiger partial charge in [-0.2, -0.15) is 15.1 Å². The number of nitrogens with zero attached hydrogens (tertiary/aromatic N) is 5. The Hall–Kier alpha value is -3.35. The van der Waals surface area contributed by atoms with E-state index in [9.17, 15) is 4.79 Å². The molecule has 1 fully saturated rings. The van der Waals surface area contributed by atoms with Crippen molar-refractivity contribution >= 4 is 22.7 Å². The number of fused-ring (bicyclic) bond motifs is 1. The molecule has 12 heteroatoms. The zero-order chi connectivity index (χ0) is 30.9. The topological polar surface area (TPSA) is 113 Å². The number of piperidine rings is 1. The summed E-state index contributed by atoms with van der Waals surface area (Å²) in [5, 5.41) is 8.81. The number of anilines is 1. The number of aromatic nitrogens is 4. The second kappa shape index (κ2) is 15.4. The van der Waals surface area contributed by atoms with Crippen LogP contribution in [-0.4, -0.2) is 103 Å². The summed E-state index contributed by atoms with van der Waals surface area (Å²) in [4.78, 5) is 22.7. The van der Waals surface area contributed by atoms with Gasteiger partial charge in [0.1, 0.15) is 12.0 Å². The predicted molar refractivity (Wildman–Crippen MR) is 163 cm³/mol. The minimum atomic E-state index is -1.11. The lowest BCUT2D eigenvalue weighted by molar-refractivity contribution is -0.145. The number of carbonyl (C=O) groups is 1. The lowest BCUT2D eigenvalue weighted by Gasteiger charge is -2.35. The van der Waals surface area contributed by atoms with Crippen molar-refractivity contribution in [2.45, 2.75) is 59.2 Å². The number of alkyl halides is 1. The lowest BCUT2D eigenvalue weighted by atomic mass is 9.85. The number of esters is 1. The first-order valence-corrected chi connectivity index (χ1v) is 15.1. The summed E-state index contributed by atoms with van der Waals surface area (Å²) in [6.45, 7) is 13.5. The van der Waals surface area contributed by atoms with Crippen LogP contribution in [0.5, 0.6) is 6.01 Å². The molecule has 3 unspecified atom stereocenters. The van der Waals surface area contributed by atoms with Gasteiger partial charge in [0.05, 0.1) is 51.3 Å². The van der Waals surface area contributed by atoms with Crippen LogP contribution in [0.25, 0.3) is 16.7 Å². The SMILES string of the molecule is CCOC(=O)CN1CCC(c2cc3c(cnn3-c3cc(NCCOC[C@@H](C)C(C)OCC)nc(OC)n3)cc2C)C(F)C1. The van der Waals surface area contributed by atoms with Crippen LogP contribution in [-0.2, 0) is 19.0 Å². The van der Waals surface area contributed by atoms with Crippen LogP contribution in [0.3, 0.4) is 0 Å². The maximum absolute atomic E-state index is 15.5. The Balaban J connectivity index is 1.47. The van der Waals surface area contributed by atoms with Crippen LogP contribution in [0, 0.1) is 12.8 Å². The van der Waals surface area contributed by atoms with Gasteiger partial charge in [-0.1, -0.05) is 6.92 Å². The molecule has 0 spiro atoms. The zero-order valence-corrected chi connectivity index (χ0v) is 26.1. The van der Waals surface area contributed by atoms with Crippen molar-refractivity contribution in [1.29, 1.82) is 0 Å². The molecule has 0 saturated carbocycles. The molecule has 0 bridgehead atoms. The quantitative estimate of drug-likeness (QED) is 0.200. The van der Waals surface area contributed by atoms with E-state index >= 15 is 4.39 Å². The van der Waals surface area contributed by atoms with Gasteiger partial charge in [0.2, 0.25) is 0 Å². The van der Waals surface area contributed by atoms with Crippen molar-refractivity contribution in [1.82, 2.24) is 24.6 Å². The second-order valence-electron chi connectivity index (χ2n) is 11.0. The molecule has 236 valence electrons. The third-order valence-electron chi connectivity index (χ3n) is 7.89. The summed E-state index contributed by atoms with van der Waals surface area (Å²) < 4.78 is 39.1. The average molecular weight is 601 g/mol. The zero-order valence-electron chi connectivity index (χ0n) is 26.1. The van der Waals surface area contributed by atoms with Gasteiger partial charge < -0.3 is 24.3 Å². The molecule has 1 N–H and O–H groups in total. The van der Waals surface area contributed by atoms with Crippen molar-refractivity contribution in [3.8, 4) is 11.8 Å². The van der Waals surface area contributed by atoms with Crippen LogP contribution >= 0.6 is 0 Å². The fourth-order valence-electron chi connectivity index (χ4n) is 5.42. The van der Waals surface area contributed by atoms with E-state index in [1.807, 2.05) is 30.9 Å². The third-order valence-corrected chi connectivity index (χ3v) is 7.89. The number of likely N-dealkylation sites (tertiary alicyclic amines) is 1. The molecule has 43 heavy (non-hydrogen) atoms. The van der Waals surface area contributed by atoms with Crippen LogP contribution < -0.4 is 10.1 Å². The standard InChI is InChI=1S/C31H45FN6O5/c1-7-42-22(5)21(4)19-41-12-10-33-28-15-29(36-31(35-28)40-6)38-27-14-25(20(3)13-23(27)16-34-38)24-9-11-37(17-26(24)32)18-30(39)43-8-2/h13-16,21-22,24,26H,7-12,17-19H2,1-6H3,(H,33,35,36)/t21-,22?,24?,26?/m1/s1. The van der Waals surface area contributed by atoms with Gasteiger partial charge in [0.15, 0.2) is 5.82 Å². The van der Waals surface area contributed by atoms with E-state index in [-0.39, 0.29) is 43.0 Å². The van der Waals surface area contributed by atoms with Crippen molar-refractivity contribution in [3.63, 3.8) is 0 Å². The molecule has 3 aromatic rings. The van der Waals surface area contributed by atoms with E-state index in [0.29, 0.717) is 57.6 Å². The highest BCUT2D eigenvalue weighted by Gasteiger charge is 2.32. The summed E-state index contributed by atoms with van der Waals surface area (Å²) in [7, 11) is 1.52. The van der Waals surface area contributed by atoms with Gasteiger partial charge in [-0.25, -0.2) is 9.07 Å². The second-order valence-corrected chi connectivity index (χ2v) is 11.0. The Bertz CT molecular complexity index is 1350. The molecule has 0 radical (unpaired) electrons. The first kappa shape index (κ1) is 32.6. The number of hydrogen-bond acceptors (Lipinski definition) is 10. The number of rotatable bonds is 15. The molecule has 1 aliphatic heterocycles. The highest BCUT2D eigenvalue weighted by molar-refractivity contribution is 5.82. The minimum Gasteiger partial charge on any atom is -0.467 e. The molecule has 4 rings (SSSR count). The Morgan fingerprint density at radius 2 is 2.00 bits per heavy atom. The maximum Gasteiger partial charge on any atom is 0.320 e. The van der Waals surface area contributed by atoms with E-state index < -0.39 is 6.17 Å². The van der Waals surface area contributed by atoms with E-state index in [1.165, 1.54) is 7.11 Å². The molecule has 2 aromatic heterocycles. The van der Waals surface area contributed by atoms with Gasteiger partial charge >= 0.3 is 12.0 Å². The maximum atomic E-state index is 15.5. The summed E-state index contributed by atoms with van der Waals surface area (Å²) in [5.41, 5.74) is 2.75. The fourth-order valence-corrected chi connectivity index (χ4v) is 5.42. The molecule has 1 aliphatic rings. The van der Waals surface area contributed by atoms with Crippen LogP contribution in [0.1, 0.15) is 51.2 Å². The van der Waals surface area contributed by atoms with Gasteiger partial charge in [0, 0.05) is 43.0 Å². The van der Waals surface area contributed by atoms with Gasteiger partial charge in [0.25, 0.3) is 0 Å². The molecule has 1 saturated heterocycles. The number of carbonyl (C=O) groups excluding carboxylic acids is 1. The molecule has 11 nitrogen and oxygen atoms in total. The van der Waals surface area contributed by atoms with E-state index in [0.717, 1.165) is 22.0 Å². The van der Waals surface area contributed by atoms with Crippen molar-refractivity contribution in [2.75, 3.05) is 65.0 Å². The van der Waals surface area contributed by atoms with Crippen LogP contribution in [0.15, 0.2) is 24.4 Å². The Kier molecular flexibility index (Phi) is 11.7. The summed E-state index contributed by atoms with van der Waals surface area (Å²) in [6.07, 6.45) is 1.40. The van der Waals surface area contributed by atoms with Gasteiger partial charge in [-0.05, 0) is 63.9 Å². The number of halogens is 1. The average Bonchev–Trinajstić information content (AvgIpc) is 3.39. The van der Waals surface area contributed by atoms with E-state index in [1.54, 1.807) is 23.9 Å². The molecule has 0 aliphatic carbocycles. The number of methoxy groups -OCH3 is 1. The number of hydrogen-bond donors (Lipinski definition) is 1. The van der Waals surface area contributed by atoms with Crippen molar-refractivity contribution in [2.24, 2.45) is 5.92 Å². The highest BCUT2D eigenvalue weighted by atomic mass is 19.1. The molecular formula is C31H45FN6O5. The van der Waals surface area contributed by atoms with E-state index in [2.05, 4.69) is 34.2 Å². The van der Waals surface area contributed by atoms with Gasteiger partial charge in [-0.3, -0.25) is 9.69 Å². The highest BCUT2D eigenvalue weighted by Crippen LogP contribution is 2.35. The van der Waals surface area contributed by atoms with Crippen LogP contribution in [0.4, 0.5) is 10.2 Å². The monoisotopic (exact) mass is 600 g/mol. The third kappa shape index (κ3) is 8.39. The molecule has 1 aromatic carbocycles. The Morgan fingerprint density at radius 3 is 2.72 bits per heavy atom. The predicted octanol–water partition coefficient (Wildman–Crippen LogP) is 4.31. The lowest BCUT2D eigenvalue weighted by Crippen LogP contribution is -2.43. The van der Waals surface area contributed by atoms with Crippen molar-refractivity contribution < 1.29 is 28.1 Å². The smallest absolute Gasteiger partial charge is 0.320 e. The number of nitrogens with one attached hydrogen (secondary N) is 1. The first-order valence-electron chi connectivity index (χ1n) is 15.1. The number of ether oxygens (including phenoxy) is 4. The molecular weight excluding hydrogens is 555 g/mol. The normalized spacial score (nSPS) is 18.9. The summed E-state index contributed by atoms with van der Waals surface area (Å²) >= 11 is 0. The summed E-state index contributed by atoms with van der Waals surface area (Å²) in [5.74, 6) is 0.785. The van der Waals surface area contributed by atoms with Gasteiger partial charge in [-0.15, -0.1) is 0 Å². The molecule has 4 atom stereocenters. The Morgan fingerprint density at radius 1 is 1.19 bits per heavy atom. The van der Waals surface area contributed by atoms with Crippen molar-refractivity contribution in [3.05, 3.63) is 35.5 Å². The number of benzene rings is 1. The fraction of sp³-hybridized carbons (Fsp3) is 0.613. The largest absolute Gasteiger partial charge is 0.467 e. The molecule has 3 heterocycles. The number of aryl methyl sites for hydroxylation is 1. The Labute approximate surface area is 253 Å². The summed E-state index contributed by atoms with van der Waals surface area (Å²) in [6, 6.07) is 6.05. The van der Waals surface area contributed by atoms with E-state index in [4.69, 9.17) is 18.9 Å². The minimum absolute atomic E-state index is 0.107.